The Hall–Kier alpha value is -1.90. The maximum atomic E-state index is 13.9. The highest BCUT2D eigenvalue weighted by molar-refractivity contribution is 5.71. The number of hydrogen-bond acceptors (Lipinski definition) is 1. The molecule has 0 aromatic heterocycles. The fourth-order valence-corrected chi connectivity index (χ4v) is 1.82. The summed E-state index contributed by atoms with van der Waals surface area (Å²) in [6, 6.07) is 10.2. The molecule has 18 heavy (non-hydrogen) atoms. The fourth-order valence-electron chi connectivity index (χ4n) is 1.82. The zero-order valence-corrected chi connectivity index (χ0v) is 10.3. The smallest absolute Gasteiger partial charge is 0.167 e. The minimum absolute atomic E-state index is 0.224. The molecule has 0 aliphatic rings. The Morgan fingerprint density at radius 2 is 1.67 bits per heavy atom. The predicted octanol–water partition coefficient (Wildman–Crippen LogP) is 4.34. The van der Waals surface area contributed by atoms with Crippen molar-refractivity contribution in [2.24, 2.45) is 0 Å². The van der Waals surface area contributed by atoms with Crippen molar-refractivity contribution in [1.29, 1.82) is 0 Å². The number of aryl methyl sites for hydroxylation is 1. The molecule has 0 fully saturated rings. The average Bonchev–Trinajstić information content (AvgIpc) is 2.38. The lowest BCUT2D eigenvalue weighted by atomic mass is 10.0. The molecule has 94 valence electrons. The van der Waals surface area contributed by atoms with Crippen LogP contribution < -0.4 is 4.74 Å². The van der Waals surface area contributed by atoms with Crippen molar-refractivity contribution in [3.05, 3.63) is 53.6 Å². The summed E-state index contributed by atoms with van der Waals surface area (Å²) in [5, 5.41) is 0. The second kappa shape index (κ2) is 5.17. The summed E-state index contributed by atoms with van der Waals surface area (Å²) < 4.78 is 32.9. The normalized spacial score (nSPS) is 10.4. The first-order valence-corrected chi connectivity index (χ1v) is 5.82. The third-order valence-corrected chi connectivity index (χ3v) is 2.75. The first-order valence-electron chi connectivity index (χ1n) is 5.82. The van der Waals surface area contributed by atoms with Crippen molar-refractivity contribution >= 4 is 0 Å². The SMILES string of the molecule is CCOc1ccccc1-c1ccc(C)c(F)c1F. The topological polar surface area (TPSA) is 9.23 Å². The van der Waals surface area contributed by atoms with Crippen LogP contribution >= 0.6 is 0 Å². The van der Waals surface area contributed by atoms with Crippen LogP contribution in [0, 0.1) is 18.6 Å². The molecule has 3 heteroatoms. The molecular formula is C15H14F2O. The highest BCUT2D eigenvalue weighted by atomic mass is 19.2. The van der Waals surface area contributed by atoms with Gasteiger partial charge in [0.15, 0.2) is 11.6 Å². The van der Waals surface area contributed by atoms with E-state index in [0.29, 0.717) is 23.5 Å². The van der Waals surface area contributed by atoms with Crippen LogP contribution in [0.25, 0.3) is 11.1 Å². The molecule has 2 aromatic rings. The number of halogens is 2. The molecule has 2 aromatic carbocycles. The van der Waals surface area contributed by atoms with Crippen molar-refractivity contribution in [1.82, 2.24) is 0 Å². The predicted molar refractivity (Wildman–Crippen MR) is 67.7 cm³/mol. The number of para-hydroxylation sites is 1. The van der Waals surface area contributed by atoms with Gasteiger partial charge in [0.05, 0.1) is 6.61 Å². The van der Waals surface area contributed by atoms with E-state index < -0.39 is 11.6 Å². The van der Waals surface area contributed by atoms with Crippen LogP contribution in [0.3, 0.4) is 0 Å². The molecule has 0 saturated heterocycles. The van der Waals surface area contributed by atoms with Crippen molar-refractivity contribution in [2.45, 2.75) is 13.8 Å². The van der Waals surface area contributed by atoms with Gasteiger partial charge in [-0.2, -0.15) is 0 Å². The molecule has 0 radical (unpaired) electrons. The summed E-state index contributed by atoms with van der Waals surface area (Å²) in [5.41, 5.74) is 1.09. The van der Waals surface area contributed by atoms with E-state index in [1.54, 1.807) is 36.4 Å². The van der Waals surface area contributed by atoms with E-state index in [2.05, 4.69) is 0 Å². The quantitative estimate of drug-likeness (QED) is 0.785. The lowest BCUT2D eigenvalue weighted by molar-refractivity contribution is 0.341. The highest BCUT2D eigenvalue weighted by Crippen LogP contribution is 2.33. The summed E-state index contributed by atoms with van der Waals surface area (Å²) in [5.74, 6) is -1.08. The van der Waals surface area contributed by atoms with Gasteiger partial charge < -0.3 is 4.74 Å². The monoisotopic (exact) mass is 248 g/mol. The van der Waals surface area contributed by atoms with Gasteiger partial charge in [-0.1, -0.05) is 30.3 Å². The van der Waals surface area contributed by atoms with Gasteiger partial charge in [0.1, 0.15) is 5.75 Å². The molecule has 0 spiro atoms. The molecule has 2 rings (SSSR count). The lowest BCUT2D eigenvalue weighted by Gasteiger charge is -2.11. The maximum absolute atomic E-state index is 13.9. The van der Waals surface area contributed by atoms with Crippen LogP contribution in [0.1, 0.15) is 12.5 Å². The summed E-state index contributed by atoms with van der Waals surface area (Å²) in [6.07, 6.45) is 0. The molecule has 0 heterocycles. The Balaban J connectivity index is 2.59. The molecule has 0 aliphatic heterocycles. The van der Waals surface area contributed by atoms with Crippen LogP contribution in [0.4, 0.5) is 8.78 Å². The van der Waals surface area contributed by atoms with Crippen molar-refractivity contribution < 1.29 is 13.5 Å². The fraction of sp³-hybridized carbons (Fsp3) is 0.200. The van der Waals surface area contributed by atoms with E-state index in [1.165, 1.54) is 6.92 Å². The standard InChI is InChI=1S/C15H14F2O/c1-3-18-13-7-5-4-6-11(13)12-9-8-10(2)14(16)15(12)17/h4-9H,3H2,1-2H3. The van der Waals surface area contributed by atoms with Crippen LogP contribution in [0.2, 0.25) is 0 Å². The zero-order chi connectivity index (χ0) is 13.1. The molecule has 0 atom stereocenters. The van der Waals surface area contributed by atoms with Gasteiger partial charge in [-0.05, 0) is 25.5 Å². The molecule has 0 aliphatic carbocycles. The summed E-state index contributed by atoms with van der Waals surface area (Å²) in [7, 11) is 0. The van der Waals surface area contributed by atoms with Gasteiger partial charge in [0.25, 0.3) is 0 Å². The third-order valence-electron chi connectivity index (χ3n) is 2.75. The molecule has 1 nitrogen and oxygen atoms in total. The highest BCUT2D eigenvalue weighted by Gasteiger charge is 2.15. The first kappa shape index (κ1) is 12.6. The molecule has 0 saturated carbocycles. The second-order valence-electron chi connectivity index (χ2n) is 3.99. The molecular weight excluding hydrogens is 234 g/mol. The molecule has 0 N–H and O–H groups in total. The zero-order valence-electron chi connectivity index (χ0n) is 10.3. The number of rotatable bonds is 3. The van der Waals surface area contributed by atoms with Gasteiger partial charge in [0, 0.05) is 11.1 Å². The molecule has 0 amide bonds. The minimum Gasteiger partial charge on any atom is -0.493 e. The van der Waals surface area contributed by atoms with Gasteiger partial charge in [-0.15, -0.1) is 0 Å². The van der Waals surface area contributed by atoms with E-state index in [0.717, 1.165) is 0 Å². The van der Waals surface area contributed by atoms with E-state index in [1.807, 2.05) is 6.92 Å². The summed E-state index contributed by atoms with van der Waals surface area (Å²) in [6.45, 7) is 3.87. The van der Waals surface area contributed by atoms with Crippen LogP contribution in [-0.2, 0) is 0 Å². The van der Waals surface area contributed by atoms with E-state index in [9.17, 15) is 8.78 Å². The van der Waals surface area contributed by atoms with E-state index >= 15 is 0 Å². The second-order valence-corrected chi connectivity index (χ2v) is 3.99. The Morgan fingerprint density at radius 1 is 0.944 bits per heavy atom. The van der Waals surface area contributed by atoms with Crippen LogP contribution in [0.5, 0.6) is 5.75 Å². The van der Waals surface area contributed by atoms with Crippen molar-refractivity contribution in [3.8, 4) is 16.9 Å². The number of benzene rings is 2. The number of hydrogen-bond donors (Lipinski definition) is 0. The van der Waals surface area contributed by atoms with Crippen LogP contribution in [-0.4, -0.2) is 6.61 Å². The molecule has 0 unspecified atom stereocenters. The lowest BCUT2D eigenvalue weighted by Crippen LogP contribution is -1.97. The Labute approximate surface area is 105 Å². The van der Waals surface area contributed by atoms with E-state index in [-0.39, 0.29) is 5.56 Å². The van der Waals surface area contributed by atoms with E-state index in [4.69, 9.17) is 4.74 Å². The average molecular weight is 248 g/mol. The van der Waals surface area contributed by atoms with Gasteiger partial charge >= 0.3 is 0 Å². The Bertz CT molecular complexity index is 564. The minimum atomic E-state index is -0.831. The summed E-state index contributed by atoms with van der Waals surface area (Å²) in [4.78, 5) is 0. The van der Waals surface area contributed by atoms with Gasteiger partial charge in [0.2, 0.25) is 0 Å². The van der Waals surface area contributed by atoms with Gasteiger partial charge in [-0.3, -0.25) is 0 Å². The largest absolute Gasteiger partial charge is 0.493 e. The number of ether oxygens (including phenoxy) is 1. The Kier molecular flexibility index (Phi) is 3.60. The van der Waals surface area contributed by atoms with Gasteiger partial charge in [-0.25, -0.2) is 8.78 Å². The Morgan fingerprint density at radius 3 is 2.39 bits per heavy atom. The third kappa shape index (κ3) is 2.21. The van der Waals surface area contributed by atoms with Crippen molar-refractivity contribution in [2.75, 3.05) is 6.61 Å². The molecule has 0 bridgehead atoms. The maximum Gasteiger partial charge on any atom is 0.167 e. The van der Waals surface area contributed by atoms with Crippen LogP contribution in [0.15, 0.2) is 36.4 Å². The first-order chi connectivity index (χ1) is 8.65. The van der Waals surface area contributed by atoms with Crippen molar-refractivity contribution in [3.63, 3.8) is 0 Å². The summed E-state index contributed by atoms with van der Waals surface area (Å²) >= 11 is 0.